The minimum absolute atomic E-state index is 0.106. The summed E-state index contributed by atoms with van der Waals surface area (Å²) in [6.45, 7) is 20.4. The van der Waals surface area contributed by atoms with E-state index in [0.29, 0.717) is 33.4 Å². The summed E-state index contributed by atoms with van der Waals surface area (Å²) in [5.74, 6) is 2.01. The summed E-state index contributed by atoms with van der Waals surface area (Å²) in [5, 5.41) is 0. The molecule has 3 fully saturated rings. The van der Waals surface area contributed by atoms with Gasteiger partial charge in [0.25, 0.3) is 0 Å². The van der Waals surface area contributed by atoms with Crippen LogP contribution in [0.15, 0.2) is 11.1 Å². The van der Waals surface area contributed by atoms with E-state index in [1.807, 2.05) is 0 Å². The van der Waals surface area contributed by atoms with Crippen LogP contribution in [0.25, 0.3) is 0 Å². The number of carbonyl (C=O) groups is 1. The first-order valence-corrected chi connectivity index (χ1v) is 13.5. The van der Waals surface area contributed by atoms with Crippen LogP contribution in [0.2, 0.25) is 0 Å². The first kappa shape index (κ1) is 22.2. The molecule has 6 atom stereocenters. The van der Waals surface area contributed by atoms with Crippen LogP contribution in [0.5, 0.6) is 0 Å². The van der Waals surface area contributed by atoms with E-state index in [1.165, 1.54) is 63.4 Å². The molecule has 0 aromatic rings. The molecule has 0 spiro atoms. The van der Waals surface area contributed by atoms with E-state index in [-0.39, 0.29) is 10.8 Å². The van der Waals surface area contributed by atoms with Gasteiger partial charge in [0.05, 0.1) is 0 Å². The third-order valence-corrected chi connectivity index (χ3v) is 12.6. The molecule has 3 saturated carbocycles. The van der Waals surface area contributed by atoms with Crippen LogP contribution in [-0.2, 0) is 4.79 Å². The summed E-state index contributed by atoms with van der Waals surface area (Å²) < 4.78 is 0. The Balaban J connectivity index is 1.60. The van der Waals surface area contributed by atoms with Gasteiger partial charge in [-0.25, -0.2) is 0 Å². The maximum Gasteiger partial charge on any atom is 0.159 e. The molecule has 1 heteroatoms. The van der Waals surface area contributed by atoms with Gasteiger partial charge in [-0.1, -0.05) is 61.0 Å². The summed E-state index contributed by atoms with van der Waals surface area (Å²) >= 11 is 0. The second-order valence-corrected chi connectivity index (χ2v) is 15.1. The van der Waals surface area contributed by atoms with Crippen LogP contribution in [-0.4, -0.2) is 5.78 Å². The monoisotopic (exact) mass is 424 g/mol. The largest absolute Gasteiger partial charge is 0.295 e. The molecule has 31 heavy (non-hydrogen) atoms. The molecule has 6 unspecified atom stereocenters. The standard InChI is InChI=1S/C30H48O/c1-25(2)13-14-27(5)15-17-29(7)22-10-9-20-24(21(31)11-12-26(20,3)4)28(22,6)16-18-30(29,8)23(27)19-25/h22-23H,9-19H2,1-8H3. The fourth-order valence-electron chi connectivity index (χ4n) is 10.2. The maximum absolute atomic E-state index is 13.4. The van der Waals surface area contributed by atoms with Gasteiger partial charge >= 0.3 is 0 Å². The van der Waals surface area contributed by atoms with Crippen molar-refractivity contribution in [3.63, 3.8) is 0 Å². The topological polar surface area (TPSA) is 17.1 Å². The van der Waals surface area contributed by atoms with Gasteiger partial charge in [0.2, 0.25) is 0 Å². The maximum atomic E-state index is 13.4. The van der Waals surface area contributed by atoms with Gasteiger partial charge in [0, 0.05) is 12.0 Å². The molecule has 1 nitrogen and oxygen atoms in total. The Morgan fingerprint density at radius 3 is 2.00 bits per heavy atom. The van der Waals surface area contributed by atoms with Crippen molar-refractivity contribution in [1.29, 1.82) is 0 Å². The quantitative estimate of drug-likeness (QED) is 0.381. The second-order valence-electron chi connectivity index (χ2n) is 15.1. The van der Waals surface area contributed by atoms with E-state index in [0.717, 1.165) is 18.8 Å². The minimum Gasteiger partial charge on any atom is -0.295 e. The van der Waals surface area contributed by atoms with Crippen molar-refractivity contribution in [2.24, 2.45) is 44.3 Å². The summed E-state index contributed by atoms with van der Waals surface area (Å²) in [4.78, 5) is 13.4. The van der Waals surface area contributed by atoms with Crippen LogP contribution in [0.3, 0.4) is 0 Å². The Morgan fingerprint density at radius 1 is 0.677 bits per heavy atom. The van der Waals surface area contributed by atoms with Crippen molar-refractivity contribution in [1.82, 2.24) is 0 Å². The lowest BCUT2D eigenvalue weighted by Gasteiger charge is -2.72. The van der Waals surface area contributed by atoms with Gasteiger partial charge in [0.15, 0.2) is 5.78 Å². The highest BCUT2D eigenvalue weighted by Crippen LogP contribution is 2.76. The van der Waals surface area contributed by atoms with Crippen LogP contribution >= 0.6 is 0 Å². The number of ketones is 1. The Kier molecular flexibility index (Phi) is 4.51. The fraction of sp³-hybridized carbons (Fsp3) is 0.900. The molecule has 0 N–H and O–H groups in total. The number of Topliss-reactive ketones (excluding diaryl/α,β-unsaturated/α-hetero) is 1. The lowest BCUT2D eigenvalue weighted by Crippen LogP contribution is -2.65. The molecule has 5 aliphatic rings. The number of hydrogen-bond donors (Lipinski definition) is 0. The highest BCUT2D eigenvalue weighted by Gasteiger charge is 2.68. The van der Waals surface area contributed by atoms with E-state index in [9.17, 15) is 4.79 Å². The van der Waals surface area contributed by atoms with Crippen molar-refractivity contribution < 1.29 is 4.79 Å². The van der Waals surface area contributed by atoms with Crippen molar-refractivity contribution in [3.05, 3.63) is 11.1 Å². The van der Waals surface area contributed by atoms with E-state index in [1.54, 1.807) is 5.57 Å². The molecular formula is C30H48O. The third-order valence-electron chi connectivity index (χ3n) is 12.6. The normalized spacial score (nSPS) is 50.8. The molecule has 0 radical (unpaired) electrons. The predicted molar refractivity (Wildman–Crippen MR) is 130 cm³/mol. The zero-order valence-electron chi connectivity index (χ0n) is 21.8. The Labute approximate surface area is 192 Å². The smallest absolute Gasteiger partial charge is 0.159 e. The van der Waals surface area contributed by atoms with Crippen LogP contribution < -0.4 is 0 Å². The number of rotatable bonds is 0. The molecule has 0 aromatic carbocycles. The average Bonchev–Trinajstić information content (AvgIpc) is 2.68. The van der Waals surface area contributed by atoms with Gasteiger partial charge in [0.1, 0.15) is 0 Å². The lowest BCUT2D eigenvalue weighted by molar-refractivity contribution is -0.217. The second kappa shape index (κ2) is 6.29. The third kappa shape index (κ3) is 2.76. The Bertz CT molecular complexity index is 844. The molecule has 0 bridgehead atoms. The van der Waals surface area contributed by atoms with E-state index in [2.05, 4.69) is 55.4 Å². The molecule has 0 saturated heterocycles. The molecule has 5 aliphatic carbocycles. The first-order valence-electron chi connectivity index (χ1n) is 13.5. The van der Waals surface area contributed by atoms with E-state index >= 15 is 0 Å². The van der Waals surface area contributed by atoms with Gasteiger partial charge in [-0.15, -0.1) is 0 Å². The number of hydrogen-bond acceptors (Lipinski definition) is 1. The number of fused-ring (bicyclic) bond motifs is 6. The molecule has 0 aliphatic heterocycles. The fourth-order valence-corrected chi connectivity index (χ4v) is 10.2. The van der Waals surface area contributed by atoms with Gasteiger partial charge in [-0.2, -0.15) is 0 Å². The Morgan fingerprint density at radius 2 is 1.29 bits per heavy atom. The van der Waals surface area contributed by atoms with Crippen molar-refractivity contribution in [2.75, 3.05) is 0 Å². The van der Waals surface area contributed by atoms with Crippen LogP contribution in [0, 0.1) is 44.3 Å². The highest BCUT2D eigenvalue weighted by atomic mass is 16.1. The van der Waals surface area contributed by atoms with Crippen molar-refractivity contribution in [3.8, 4) is 0 Å². The summed E-state index contributed by atoms with van der Waals surface area (Å²) in [6.07, 6.45) is 13.8. The van der Waals surface area contributed by atoms with E-state index < -0.39 is 0 Å². The molecular weight excluding hydrogens is 376 g/mol. The van der Waals surface area contributed by atoms with Gasteiger partial charge in [-0.05, 0) is 109 Å². The predicted octanol–water partition coefficient (Wildman–Crippen LogP) is 8.52. The van der Waals surface area contributed by atoms with E-state index in [4.69, 9.17) is 0 Å². The first-order chi connectivity index (χ1) is 14.2. The van der Waals surface area contributed by atoms with Gasteiger partial charge < -0.3 is 0 Å². The number of allylic oxidation sites excluding steroid dienone is 2. The molecule has 0 aromatic heterocycles. The molecule has 5 rings (SSSR count). The number of carbonyl (C=O) groups excluding carboxylic acids is 1. The summed E-state index contributed by atoms with van der Waals surface area (Å²) in [6, 6.07) is 0. The van der Waals surface area contributed by atoms with Crippen LogP contribution in [0.1, 0.15) is 126 Å². The summed E-state index contributed by atoms with van der Waals surface area (Å²) in [5.41, 5.74) is 4.98. The molecule has 0 heterocycles. The SMILES string of the molecule is CC1(C)CCC2(C)CCC3(C)C4CCC5=C(C(=O)CCC5(C)C)C4(C)CCC3(C)C2C1. The van der Waals surface area contributed by atoms with Crippen molar-refractivity contribution >= 4 is 5.78 Å². The molecule has 174 valence electrons. The Hall–Kier alpha value is -0.590. The minimum atomic E-state index is 0.106. The highest BCUT2D eigenvalue weighted by molar-refractivity contribution is 5.99. The zero-order chi connectivity index (χ0) is 22.7. The zero-order valence-corrected chi connectivity index (χ0v) is 21.8. The van der Waals surface area contributed by atoms with Crippen LogP contribution in [0.4, 0.5) is 0 Å². The van der Waals surface area contributed by atoms with Gasteiger partial charge in [-0.3, -0.25) is 4.79 Å². The van der Waals surface area contributed by atoms with Crippen molar-refractivity contribution in [2.45, 2.75) is 126 Å². The lowest BCUT2D eigenvalue weighted by atomic mass is 9.32. The molecule has 0 amide bonds. The summed E-state index contributed by atoms with van der Waals surface area (Å²) in [7, 11) is 0. The average molecular weight is 425 g/mol.